The lowest BCUT2D eigenvalue weighted by molar-refractivity contribution is 0.0595. The van der Waals surface area contributed by atoms with Gasteiger partial charge in [0.1, 0.15) is 5.69 Å². The zero-order chi connectivity index (χ0) is 24.1. The summed E-state index contributed by atoms with van der Waals surface area (Å²) in [5, 5.41) is 0. The van der Waals surface area contributed by atoms with E-state index in [9.17, 15) is 4.79 Å². The zero-order valence-corrected chi connectivity index (χ0v) is 20.1. The monoisotopic (exact) mass is 453 g/mol. The van der Waals surface area contributed by atoms with Crippen molar-refractivity contribution < 1.29 is 28.5 Å². The molecule has 0 bridgehead atoms. The summed E-state index contributed by atoms with van der Waals surface area (Å²) in [7, 11) is 4.55. The second-order valence-electron chi connectivity index (χ2n) is 8.03. The molecule has 0 aliphatic carbocycles. The van der Waals surface area contributed by atoms with Gasteiger partial charge in [-0.3, -0.25) is 0 Å². The maximum Gasteiger partial charge on any atom is 0.354 e. The average Bonchev–Trinajstić information content (AvgIpc) is 3.23. The fourth-order valence-corrected chi connectivity index (χ4v) is 3.49. The van der Waals surface area contributed by atoms with Gasteiger partial charge in [0.2, 0.25) is 0 Å². The van der Waals surface area contributed by atoms with Crippen LogP contribution in [0, 0.1) is 0 Å². The number of carbonyl (C=O) groups excluding carboxylic acids is 1. The van der Waals surface area contributed by atoms with Crippen molar-refractivity contribution >= 4 is 5.97 Å². The maximum atomic E-state index is 12.3. The van der Waals surface area contributed by atoms with Crippen LogP contribution in [0.4, 0.5) is 0 Å². The second kappa shape index (κ2) is 10.3. The number of aromatic nitrogens is 1. The Balaban J connectivity index is 2.14. The van der Waals surface area contributed by atoms with Crippen LogP contribution in [0.1, 0.15) is 38.2 Å². The van der Waals surface area contributed by atoms with Gasteiger partial charge in [-0.2, -0.15) is 0 Å². The molecule has 0 fully saturated rings. The normalized spacial score (nSPS) is 10.9. The Bertz CT molecular complexity index is 1040. The van der Waals surface area contributed by atoms with Crippen LogP contribution in [0.3, 0.4) is 0 Å². The third kappa shape index (κ3) is 5.42. The lowest BCUT2D eigenvalue weighted by atomic mass is 10.0. The van der Waals surface area contributed by atoms with E-state index in [1.807, 2.05) is 64.1 Å². The quantitative estimate of drug-likeness (QED) is 0.417. The van der Waals surface area contributed by atoms with E-state index < -0.39 is 5.97 Å². The van der Waals surface area contributed by atoms with Crippen molar-refractivity contribution in [3.63, 3.8) is 0 Å². The number of benzene rings is 2. The average molecular weight is 454 g/mol. The fraction of sp³-hybridized carbons (Fsp3) is 0.346. The van der Waals surface area contributed by atoms with Crippen molar-refractivity contribution in [3.05, 3.63) is 48.2 Å². The minimum atomic E-state index is -0.457. The second-order valence-corrected chi connectivity index (χ2v) is 8.03. The standard InChI is InChI=1S/C26H31NO6/c1-15(2)32-21-10-8-17(12-23(21)29-5)19-14-20(26(28)31-7)27-25(19)18-9-11-22(33-16(3)4)24(13-18)30-6/h8-16,27H,1-7H3. The van der Waals surface area contributed by atoms with Crippen LogP contribution >= 0.6 is 0 Å². The molecule has 1 aromatic heterocycles. The SMILES string of the molecule is COC(=O)c1cc(-c2ccc(OC(C)C)c(OC)c2)c(-c2ccc(OC(C)C)c(OC)c2)[nH]1. The molecule has 3 rings (SSSR count). The van der Waals surface area contributed by atoms with Gasteiger partial charge < -0.3 is 28.7 Å². The summed E-state index contributed by atoms with van der Waals surface area (Å²) in [4.78, 5) is 15.5. The fourth-order valence-electron chi connectivity index (χ4n) is 3.49. The molecule has 0 aliphatic rings. The van der Waals surface area contributed by atoms with E-state index in [1.54, 1.807) is 20.3 Å². The summed E-state index contributed by atoms with van der Waals surface area (Å²) >= 11 is 0. The molecule has 3 aromatic rings. The molecule has 0 aliphatic heterocycles. The van der Waals surface area contributed by atoms with Crippen molar-refractivity contribution in [2.24, 2.45) is 0 Å². The lowest BCUT2D eigenvalue weighted by Crippen LogP contribution is -2.06. The van der Waals surface area contributed by atoms with E-state index in [1.165, 1.54) is 7.11 Å². The van der Waals surface area contributed by atoms with E-state index in [0.717, 1.165) is 22.4 Å². The molecule has 7 nitrogen and oxygen atoms in total. The van der Waals surface area contributed by atoms with Gasteiger partial charge in [-0.05, 0) is 69.7 Å². The molecular weight excluding hydrogens is 422 g/mol. The third-order valence-electron chi connectivity index (χ3n) is 4.88. The smallest absolute Gasteiger partial charge is 0.354 e. The molecule has 2 aromatic carbocycles. The molecule has 0 saturated carbocycles. The third-order valence-corrected chi connectivity index (χ3v) is 4.88. The highest BCUT2D eigenvalue weighted by Crippen LogP contribution is 2.40. The van der Waals surface area contributed by atoms with Gasteiger partial charge in [0.25, 0.3) is 0 Å². The summed E-state index contributed by atoms with van der Waals surface area (Å²) < 4.78 is 27.7. The van der Waals surface area contributed by atoms with Gasteiger partial charge in [0, 0.05) is 11.1 Å². The highest BCUT2D eigenvalue weighted by Gasteiger charge is 2.20. The maximum absolute atomic E-state index is 12.3. The van der Waals surface area contributed by atoms with Crippen molar-refractivity contribution in [1.82, 2.24) is 4.98 Å². The van der Waals surface area contributed by atoms with E-state index in [-0.39, 0.29) is 12.2 Å². The number of hydrogen-bond acceptors (Lipinski definition) is 6. The number of methoxy groups -OCH3 is 3. The minimum absolute atomic E-state index is 0.00997. The van der Waals surface area contributed by atoms with Gasteiger partial charge >= 0.3 is 5.97 Å². The summed E-state index contributed by atoms with van der Waals surface area (Å²) in [5.41, 5.74) is 3.57. The molecule has 7 heteroatoms. The highest BCUT2D eigenvalue weighted by atomic mass is 16.5. The van der Waals surface area contributed by atoms with Crippen LogP contribution in [0.25, 0.3) is 22.4 Å². The minimum Gasteiger partial charge on any atom is -0.493 e. The molecule has 0 atom stereocenters. The largest absolute Gasteiger partial charge is 0.493 e. The van der Waals surface area contributed by atoms with Gasteiger partial charge in [-0.25, -0.2) is 4.79 Å². The number of hydrogen-bond donors (Lipinski definition) is 1. The molecule has 0 spiro atoms. The van der Waals surface area contributed by atoms with Crippen molar-refractivity contribution in [3.8, 4) is 45.4 Å². The number of H-pyrrole nitrogens is 1. The van der Waals surface area contributed by atoms with E-state index >= 15 is 0 Å². The lowest BCUT2D eigenvalue weighted by Gasteiger charge is -2.16. The first kappa shape index (κ1) is 24.0. The van der Waals surface area contributed by atoms with Crippen LogP contribution in [0.2, 0.25) is 0 Å². The molecule has 0 radical (unpaired) electrons. The summed E-state index contributed by atoms with van der Waals surface area (Å²) in [6, 6.07) is 13.1. The molecule has 0 amide bonds. The predicted octanol–water partition coefficient (Wildman–Crippen LogP) is 5.73. The van der Waals surface area contributed by atoms with Crippen LogP contribution in [-0.4, -0.2) is 44.5 Å². The van der Waals surface area contributed by atoms with Crippen LogP contribution < -0.4 is 18.9 Å². The molecular formula is C26H31NO6. The Morgan fingerprint density at radius 3 is 1.73 bits per heavy atom. The van der Waals surface area contributed by atoms with Gasteiger partial charge in [0.05, 0.1) is 39.2 Å². The predicted molar refractivity (Wildman–Crippen MR) is 128 cm³/mol. The Kier molecular flexibility index (Phi) is 7.53. The van der Waals surface area contributed by atoms with Crippen LogP contribution in [0.15, 0.2) is 42.5 Å². The Morgan fingerprint density at radius 2 is 1.24 bits per heavy atom. The Morgan fingerprint density at radius 1 is 0.727 bits per heavy atom. The molecule has 0 unspecified atom stereocenters. The number of esters is 1. The first-order valence-electron chi connectivity index (χ1n) is 10.8. The van der Waals surface area contributed by atoms with Crippen LogP contribution in [-0.2, 0) is 4.74 Å². The van der Waals surface area contributed by atoms with E-state index in [4.69, 9.17) is 23.7 Å². The molecule has 1 N–H and O–H groups in total. The van der Waals surface area contributed by atoms with Crippen LogP contribution in [0.5, 0.6) is 23.0 Å². The number of nitrogens with one attached hydrogen (secondary N) is 1. The molecule has 0 saturated heterocycles. The van der Waals surface area contributed by atoms with Crippen molar-refractivity contribution in [2.75, 3.05) is 21.3 Å². The number of aromatic amines is 1. The summed E-state index contributed by atoms with van der Waals surface area (Å²) in [5.74, 6) is 2.04. The van der Waals surface area contributed by atoms with E-state index in [0.29, 0.717) is 28.7 Å². The molecule has 33 heavy (non-hydrogen) atoms. The number of carbonyl (C=O) groups is 1. The topological polar surface area (TPSA) is 79.0 Å². The van der Waals surface area contributed by atoms with Gasteiger partial charge in [-0.1, -0.05) is 6.07 Å². The Labute approximate surface area is 194 Å². The van der Waals surface area contributed by atoms with Crippen molar-refractivity contribution in [1.29, 1.82) is 0 Å². The molecule has 1 heterocycles. The number of ether oxygens (including phenoxy) is 5. The highest BCUT2D eigenvalue weighted by molar-refractivity contribution is 5.94. The zero-order valence-electron chi connectivity index (χ0n) is 20.1. The first-order chi connectivity index (χ1) is 15.8. The van der Waals surface area contributed by atoms with Gasteiger partial charge in [0.15, 0.2) is 23.0 Å². The number of rotatable bonds is 9. The van der Waals surface area contributed by atoms with E-state index in [2.05, 4.69) is 4.98 Å². The summed E-state index contributed by atoms with van der Waals surface area (Å²) in [6.45, 7) is 7.83. The van der Waals surface area contributed by atoms with Crippen molar-refractivity contribution in [2.45, 2.75) is 39.9 Å². The van der Waals surface area contributed by atoms with Gasteiger partial charge in [-0.15, -0.1) is 0 Å². The first-order valence-corrected chi connectivity index (χ1v) is 10.8. The Hall–Kier alpha value is -3.61. The summed E-state index contributed by atoms with van der Waals surface area (Å²) in [6.07, 6.45) is 0.0216. The molecule has 176 valence electrons.